The molecular formula is C14H11F6N7O. The van der Waals surface area contributed by atoms with Crippen LogP contribution >= 0.6 is 0 Å². The summed E-state index contributed by atoms with van der Waals surface area (Å²) < 4.78 is 77.9. The predicted molar refractivity (Wildman–Crippen MR) is 83.8 cm³/mol. The number of rotatable bonds is 4. The smallest absolute Gasteiger partial charge is 0.373 e. The lowest BCUT2D eigenvalue weighted by Gasteiger charge is -2.07. The predicted octanol–water partition coefficient (Wildman–Crippen LogP) is 2.80. The highest BCUT2D eigenvalue weighted by Gasteiger charge is 2.39. The largest absolute Gasteiger partial charge is 0.437 e. The molecule has 8 nitrogen and oxygen atoms in total. The van der Waals surface area contributed by atoms with Crippen molar-refractivity contribution in [3.63, 3.8) is 0 Å². The van der Waals surface area contributed by atoms with E-state index in [9.17, 15) is 31.1 Å². The third-order valence-electron chi connectivity index (χ3n) is 3.49. The van der Waals surface area contributed by atoms with Gasteiger partial charge in [-0.05, 0) is 6.07 Å². The van der Waals surface area contributed by atoms with Gasteiger partial charge in [0.05, 0.1) is 11.9 Å². The van der Waals surface area contributed by atoms with Crippen molar-refractivity contribution in [3.05, 3.63) is 35.9 Å². The number of nitrogens with zero attached hydrogens (tertiary/aromatic N) is 5. The first kappa shape index (κ1) is 19.4. The van der Waals surface area contributed by atoms with Crippen molar-refractivity contribution >= 4 is 23.1 Å². The van der Waals surface area contributed by atoms with E-state index in [0.717, 1.165) is 6.20 Å². The molecule has 3 aromatic rings. The Morgan fingerprint density at radius 3 is 2.54 bits per heavy atom. The molecule has 0 fully saturated rings. The van der Waals surface area contributed by atoms with E-state index >= 15 is 0 Å². The van der Waals surface area contributed by atoms with Crippen LogP contribution in [0.2, 0.25) is 0 Å². The number of carbonyl (C=O) groups excluding carboxylic acids is 1. The van der Waals surface area contributed by atoms with Crippen LogP contribution in [0.5, 0.6) is 0 Å². The average molecular weight is 407 g/mol. The quantitative estimate of drug-likeness (QED) is 0.650. The molecule has 0 saturated carbocycles. The van der Waals surface area contributed by atoms with E-state index in [-0.39, 0.29) is 15.9 Å². The Morgan fingerprint density at radius 2 is 1.93 bits per heavy atom. The second-order valence-corrected chi connectivity index (χ2v) is 5.55. The second-order valence-electron chi connectivity index (χ2n) is 5.55. The van der Waals surface area contributed by atoms with Crippen LogP contribution in [-0.2, 0) is 12.7 Å². The summed E-state index contributed by atoms with van der Waals surface area (Å²) in [5, 5.41) is 11.4. The maximum Gasteiger partial charge on any atom is 0.437 e. The Kier molecular flexibility index (Phi) is 4.64. The summed E-state index contributed by atoms with van der Waals surface area (Å²) in [6.45, 7) is -1.74. The molecule has 0 radical (unpaired) electrons. The van der Waals surface area contributed by atoms with Gasteiger partial charge in [0.15, 0.2) is 11.3 Å². The number of amides is 1. The summed E-state index contributed by atoms with van der Waals surface area (Å²) in [6, 6.07) is 1.55. The molecule has 3 rings (SSSR count). The molecule has 14 heteroatoms. The molecule has 150 valence electrons. The van der Waals surface area contributed by atoms with Crippen LogP contribution in [0.1, 0.15) is 16.1 Å². The Hall–Kier alpha value is -3.32. The topological polar surface area (TPSA) is 89.1 Å². The number of nitrogens with one attached hydrogen (secondary N) is 2. The van der Waals surface area contributed by atoms with Gasteiger partial charge in [-0.2, -0.15) is 36.5 Å². The van der Waals surface area contributed by atoms with Crippen molar-refractivity contribution in [1.29, 1.82) is 0 Å². The molecule has 3 aromatic heterocycles. The number of hydrogen-bond acceptors (Lipinski definition) is 5. The number of hydrogen-bond donors (Lipinski definition) is 2. The molecule has 3 heterocycles. The van der Waals surface area contributed by atoms with E-state index in [1.54, 1.807) is 13.1 Å². The lowest BCUT2D eigenvalue weighted by Crippen LogP contribution is -2.19. The first-order valence-electron chi connectivity index (χ1n) is 7.53. The number of alkyl halides is 6. The molecule has 28 heavy (non-hydrogen) atoms. The fourth-order valence-electron chi connectivity index (χ4n) is 2.34. The van der Waals surface area contributed by atoms with E-state index in [4.69, 9.17) is 0 Å². The second kappa shape index (κ2) is 6.69. The van der Waals surface area contributed by atoms with Gasteiger partial charge in [0.2, 0.25) is 0 Å². The fraction of sp³-hybridized carbons (Fsp3) is 0.286. The maximum absolute atomic E-state index is 13.1. The van der Waals surface area contributed by atoms with Crippen LogP contribution in [0.4, 0.5) is 37.8 Å². The standard InChI is InChI=1S/C14H11F6N7O/c1-21-9-2-3-27-11(24-9)7(4-22-27)12(28)23-8-5-26(6-13(15,16)17)25-10(8)14(18,19)20/h2-5H,6H2,1H3,(H,21,24)(H,23,28). The molecule has 1 amide bonds. The van der Waals surface area contributed by atoms with Gasteiger partial charge in [0.1, 0.15) is 17.9 Å². The van der Waals surface area contributed by atoms with E-state index in [1.807, 2.05) is 5.32 Å². The molecule has 0 unspecified atom stereocenters. The summed E-state index contributed by atoms with van der Waals surface area (Å²) in [5.41, 5.74) is -2.69. The van der Waals surface area contributed by atoms with Crippen molar-refractivity contribution in [1.82, 2.24) is 24.4 Å². The molecule has 0 bridgehead atoms. The van der Waals surface area contributed by atoms with E-state index in [0.29, 0.717) is 12.0 Å². The van der Waals surface area contributed by atoms with E-state index in [1.165, 1.54) is 10.7 Å². The minimum atomic E-state index is -5.07. The zero-order chi connectivity index (χ0) is 20.7. The van der Waals surface area contributed by atoms with Crippen LogP contribution in [0.15, 0.2) is 24.7 Å². The van der Waals surface area contributed by atoms with Gasteiger partial charge in [-0.1, -0.05) is 0 Å². The highest BCUT2D eigenvalue weighted by molar-refractivity contribution is 6.08. The van der Waals surface area contributed by atoms with Crippen molar-refractivity contribution in [3.8, 4) is 0 Å². The van der Waals surface area contributed by atoms with Crippen molar-refractivity contribution in [2.75, 3.05) is 17.7 Å². The first-order chi connectivity index (χ1) is 13.0. The maximum atomic E-state index is 13.1. The third-order valence-corrected chi connectivity index (χ3v) is 3.49. The lowest BCUT2D eigenvalue weighted by atomic mass is 10.3. The van der Waals surface area contributed by atoms with Crippen LogP contribution in [0.25, 0.3) is 5.65 Å². The first-order valence-corrected chi connectivity index (χ1v) is 7.53. The van der Waals surface area contributed by atoms with E-state index < -0.39 is 36.2 Å². The Bertz CT molecular complexity index is 1020. The number of aromatic nitrogens is 5. The zero-order valence-electron chi connectivity index (χ0n) is 13.9. The van der Waals surface area contributed by atoms with Gasteiger partial charge in [-0.15, -0.1) is 0 Å². The average Bonchev–Trinajstić information content (AvgIpc) is 3.16. The minimum absolute atomic E-state index is 0.0422. The SMILES string of the molecule is CNc1ccn2ncc(C(=O)Nc3cn(CC(F)(F)F)nc3C(F)(F)F)c2n1. The molecule has 0 aliphatic carbocycles. The highest BCUT2D eigenvalue weighted by Crippen LogP contribution is 2.34. The van der Waals surface area contributed by atoms with Gasteiger partial charge in [-0.25, -0.2) is 9.50 Å². The van der Waals surface area contributed by atoms with Crippen molar-refractivity contribution in [2.45, 2.75) is 18.9 Å². The normalized spacial score (nSPS) is 12.4. The van der Waals surface area contributed by atoms with E-state index in [2.05, 4.69) is 20.5 Å². The van der Waals surface area contributed by atoms with Crippen LogP contribution in [-0.4, -0.2) is 43.5 Å². The molecular weight excluding hydrogens is 396 g/mol. The van der Waals surface area contributed by atoms with Gasteiger partial charge < -0.3 is 10.6 Å². The van der Waals surface area contributed by atoms with Gasteiger partial charge in [0, 0.05) is 19.4 Å². The minimum Gasteiger partial charge on any atom is -0.373 e. The summed E-state index contributed by atoms with van der Waals surface area (Å²) >= 11 is 0. The summed E-state index contributed by atoms with van der Waals surface area (Å²) in [4.78, 5) is 16.5. The van der Waals surface area contributed by atoms with Crippen LogP contribution in [0.3, 0.4) is 0 Å². The number of halogens is 6. The van der Waals surface area contributed by atoms with Crippen LogP contribution in [0, 0.1) is 0 Å². The van der Waals surface area contributed by atoms with Gasteiger partial charge in [0.25, 0.3) is 5.91 Å². The molecule has 0 aliphatic heterocycles. The number of anilines is 2. The van der Waals surface area contributed by atoms with Crippen LogP contribution < -0.4 is 10.6 Å². The Morgan fingerprint density at radius 1 is 1.21 bits per heavy atom. The molecule has 0 aliphatic rings. The lowest BCUT2D eigenvalue weighted by molar-refractivity contribution is -0.148. The Balaban J connectivity index is 1.95. The molecule has 2 N–H and O–H groups in total. The summed E-state index contributed by atoms with van der Waals surface area (Å²) in [7, 11) is 1.57. The zero-order valence-corrected chi connectivity index (χ0v) is 13.9. The Labute approximate surface area is 152 Å². The molecule has 0 aromatic carbocycles. The molecule has 0 saturated heterocycles. The molecule has 0 spiro atoms. The van der Waals surface area contributed by atoms with Crippen molar-refractivity contribution < 1.29 is 31.1 Å². The van der Waals surface area contributed by atoms with Gasteiger partial charge in [-0.3, -0.25) is 9.48 Å². The fourth-order valence-corrected chi connectivity index (χ4v) is 2.34. The number of fused-ring (bicyclic) bond motifs is 1. The monoisotopic (exact) mass is 407 g/mol. The number of carbonyl (C=O) groups is 1. The summed E-state index contributed by atoms with van der Waals surface area (Å²) in [5.74, 6) is -0.663. The van der Waals surface area contributed by atoms with Gasteiger partial charge >= 0.3 is 12.4 Å². The summed E-state index contributed by atoms with van der Waals surface area (Å²) in [6.07, 6.45) is -6.85. The van der Waals surface area contributed by atoms with Crippen molar-refractivity contribution in [2.24, 2.45) is 0 Å². The molecule has 0 atom stereocenters. The highest BCUT2D eigenvalue weighted by atomic mass is 19.4. The third kappa shape index (κ3) is 3.99.